The lowest BCUT2D eigenvalue weighted by Crippen LogP contribution is -2.50. The topological polar surface area (TPSA) is 78.7 Å². The van der Waals surface area contributed by atoms with Crippen LogP contribution < -0.4 is 11.1 Å². The molecule has 1 aromatic rings. The Morgan fingerprint density at radius 1 is 1.08 bits per heavy atom. The lowest BCUT2D eigenvalue weighted by molar-refractivity contribution is -0.137. The predicted molar refractivity (Wildman–Crippen MR) is 101 cm³/mol. The minimum Gasteiger partial charge on any atom is -0.342 e. The minimum atomic E-state index is -0.467. The van der Waals surface area contributed by atoms with Crippen molar-refractivity contribution in [3.63, 3.8) is 0 Å². The third-order valence-electron chi connectivity index (χ3n) is 5.02. The molecule has 26 heavy (non-hydrogen) atoms. The van der Waals surface area contributed by atoms with Crippen molar-refractivity contribution in [3.05, 3.63) is 30.1 Å². The quantitative estimate of drug-likeness (QED) is 0.822. The first-order valence-corrected chi connectivity index (χ1v) is 8.89. The molecule has 3 rings (SSSR count). The Balaban J connectivity index is 0.00000243. The molecule has 2 fully saturated rings. The van der Waals surface area contributed by atoms with Gasteiger partial charge in [-0.25, -0.2) is 9.18 Å². The number of carbonyl (C=O) groups excluding carboxylic acids is 2. The molecule has 0 aliphatic carbocycles. The fourth-order valence-corrected chi connectivity index (χ4v) is 3.50. The van der Waals surface area contributed by atoms with Gasteiger partial charge in [0.25, 0.3) is 0 Å². The van der Waals surface area contributed by atoms with Gasteiger partial charge in [-0.3, -0.25) is 4.79 Å². The number of nitrogens with zero attached hydrogens (tertiary/aromatic N) is 2. The molecular formula is C18H26ClFN4O2. The fourth-order valence-electron chi connectivity index (χ4n) is 3.50. The van der Waals surface area contributed by atoms with E-state index >= 15 is 0 Å². The highest BCUT2D eigenvalue weighted by Crippen LogP contribution is 2.22. The molecule has 1 unspecified atom stereocenters. The summed E-state index contributed by atoms with van der Waals surface area (Å²) in [7, 11) is 0. The van der Waals surface area contributed by atoms with Crippen molar-refractivity contribution in [1.82, 2.24) is 9.80 Å². The number of nitrogens with one attached hydrogen (secondary N) is 1. The molecule has 1 atom stereocenters. The summed E-state index contributed by atoms with van der Waals surface area (Å²) in [6.07, 6.45) is 3.21. The average molecular weight is 385 g/mol. The van der Waals surface area contributed by atoms with Crippen LogP contribution in [-0.2, 0) is 4.79 Å². The minimum absolute atomic E-state index is 0. The summed E-state index contributed by atoms with van der Waals surface area (Å²) in [6.45, 7) is 2.34. The van der Waals surface area contributed by atoms with Crippen molar-refractivity contribution in [3.8, 4) is 0 Å². The summed E-state index contributed by atoms with van der Waals surface area (Å²) in [6, 6.07) is 5.89. The standard InChI is InChI=1S/C18H25FN4O2.ClH/c19-15-5-1-2-6-16(15)21-18(25)23-9-3-4-13(12-23)17(24)22-10-7-14(20)8-11-22;/h1-2,5-6,13-14H,3-4,7-12,20H2,(H,21,25);1H. The molecule has 0 bridgehead atoms. The first-order chi connectivity index (χ1) is 12.0. The highest BCUT2D eigenvalue weighted by molar-refractivity contribution is 5.90. The van der Waals surface area contributed by atoms with E-state index in [9.17, 15) is 14.0 Å². The molecule has 2 aliphatic rings. The van der Waals surface area contributed by atoms with Crippen molar-refractivity contribution in [2.45, 2.75) is 31.7 Å². The molecule has 2 heterocycles. The molecule has 6 nitrogen and oxygen atoms in total. The molecule has 3 N–H and O–H groups in total. The molecule has 1 aromatic carbocycles. The maximum absolute atomic E-state index is 13.7. The number of carbonyl (C=O) groups is 2. The van der Waals surface area contributed by atoms with E-state index in [0.29, 0.717) is 26.2 Å². The number of benzene rings is 1. The monoisotopic (exact) mass is 384 g/mol. The molecule has 2 saturated heterocycles. The number of para-hydroxylation sites is 1. The van der Waals surface area contributed by atoms with Crippen LogP contribution in [0.2, 0.25) is 0 Å². The van der Waals surface area contributed by atoms with Crippen LogP contribution in [0.15, 0.2) is 24.3 Å². The zero-order valence-corrected chi connectivity index (χ0v) is 15.5. The second-order valence-corrected chi connectivity index (χ2v) is 6.86. The van der Waals surface area contributed by atoms with Crippen molar-refractivity contribution < 1.29 is 14.0 Å². The second-order valence-electron chi connectivity index (χ2n) is 6.86. The van der Waals surface area contributed by atoms with Crippen LogP contribution >= 0.6 is 12.4 Å². The van der Waals surface area contributed by atoms with E-state index in [1.807, 2.05) is 4.90 Å². The van der Waals surface area contributed by atoms with E-state index in [-0.39, 0.29) is 42.0 Å². The van der Waals surface area contributed by atoms with Crippen LogP contribution in [0, 0.1) is 11.7 Å². The van der Waals surface area contributed by atoms with Crippen molar-refractivity contribution in [1.29, 1.82) is 0 Å². The van der Waals surface area contributed by atoms with E-state index in [1.165, 1.54) is 12.1 Å². The van der Waals surface area contributed by atoms with Gasteiger partial charge in [-0.15, -0.1) is 12.4 Å². The second kappa shape index (κ2) is 9.19. The predicted octanol–water partition coefficient (Wildman–Crippen LogP) is 2.44. The van der Waals surface area contributed by atoms with Gasteiger partial charge in [0.2, 0.25) is 5.91 Å². The zero-order chi connectivity index (χ0) is 17.8. The van der Waals surface area contributed by atoms with Crippen molar-refractivity contribution in [2.24, 2.45) is 11.7 Å². The Kier molecular flexibility index (Phi) is 7.23. The number of amides is 3. The maximum atomic E-state index is 13.7. The first kappa shape index (κ1) is 20.5. The molecule has 3 amide bonds. The Bertz CT molecular complexity index is 637. The highest BCUT2D eigenvalue weighted by Gasteiger charge is 2.32. The van der Waals surface area contributed by atoms with Gasteiger partial charge in [-0.1, -0.05) is 12.1 Å². The molecule has 0 spiro atoms. The molecule has 8 heteroatoms. The van der Waals surface area contributed by atoms with Crippen LogP contribution in [0.25, 0.3) is 0 Å². The summed E-state index contributed by atoms with van der Waals surface area (Å²) in [5.41, 5.74) is 6.05. The Labute approximate surface area is 159 Å². The summed E-state index contributed by atoms with van der Waals surface area (Å²) in [4.78, 5) is 28.6. The normalized spacial score (nSPS) is 21.1. The number of piperidine rings is 2. The molecular weight excluding hydrogens is 359 g/mol. The third kappa shape index (κ3) is 4.86. The summed E-state index contributed by atoms with van der Waals surface area (Å²) in [5.74, 6) is -0.546. The molecule has 0 aromatic heterocycles. The lowest BCUT2D eigenvalue weighted by Gasteiger charge is -2.37. The molecule has 2 aliphatic heterocycles. The first-order valence-electron chi connectivity index (χ1n) is 8.89. The van der Waals surface area contributed by atoms with Crippen molar-refractivity contribution >= 4 is 30.0 Å². The molecule has 144 valence electrons. The van der Waals surface area contributed by atoms with E-state index in [0.717, 1.165) is 25.7 Å². The Morgan fingerprint density at radius 2 is 1.77 bits per heavy atom. The summed E-state index contributed by atoms with van der Waals surface area (Å²) in [5, 5.41) is 2.60. The largest absolute Gasteiger partial charge is 0.342 e. The van der Waals surface area contributed by atoms with Gasteiger partial charge in [0.05, 0.1) is 11.6 Å². The van der Waals surface area contributed by atoms with Gasteiger partial charge in [-0.05, 0) is 37.8 Å². The average Bonchev–Trinajstić information content (AvgIpc) is 2.64. The van der Waals surface area contributed by atoms with Gasteiger partial charge >= 0.3 is 6.03 Å². The van der Waals surface area contributed by atoms with Crippen LogP contribution in [0.3, 0.4) is 0 Å². The number of hydrogen-bond acceptors (Lipinski definition) is 3. The number of urea groups is 1. The number of halogens is 2. The SMILES string of the molecule is Cl.NC1CCN(C(=O)C2CCCN(C(=O)Nc3ccccc3F)C2)CC1. The van der Waals surface area contributed by atoms with Crippen LogP contribution in [0.1, 0.15) is 25.7 Å². The smallest absolute Gasteiger partial charge is 0.321 e. The lowest BCUT2D eigenvalue weighted by atomic mass is 9.95. The number of nitrogens with two attached hydrogens (primary N) is 1. The molecule has 0 radical (unpaired) electrons. The van der Waals surface area contributed by atoms with Crippen LogP contribution in [0.5, 0.6) is 0 Å². The van der Waals surface area contributed by atoms with Gasteiger partial charge in [0.1, 0.15) is 5.82 Å². The summed E-state index contributed by atoms with van der Waals surface area (Å²) >= 11 is 0. The van der Waals surface area contributed by atoms with E-state index in [4.69, 9.17) is 5.73 Å². The fraction of sp³-hybridized carbons (Fsp3) is 0.556. The van der Waals surface area contributed by atoms with Gasteiger partial charge in [0, 0.05) is 32.2 Å². The van der Waals surface area contributed by atoms with E-state index < -0.39 is 5.82 Å². The third-order valence-corrected chi connectivity index (χ3v) is 5.02. The van der Waals surface area contributed by atoms with Gasteiger partial charge in [0.15, 0.2) is 0 Å². The number of rotatable bonds is 2. The van der Waals surface area contributed by atoms with E-state index in [2.05, 4.69) is 5.32 Å². The Hall–Kier alpha value is -1.86. The van der Waals surface area contributed by atoms with Gasteiger partial charge < -0.3 is 20.9 Å². The zero-order valence-electron chi connectivity index (χ0n) is 14.7. The van der Waals surface area contributed by atoms with Crippen LogP contribution in [0.4, 0.5) is 14.9 Å². The van der Waals surface area contributed by atoms with E-state index in [1.54, 1.807) is 17.0 Å². The number of hydrogen-bond donors (Lipinski definition) is 2. The molecule has 0 saturated carbocycles. The highest BCUT2D eigenvalue weighted by atomic mass is 35.5. The van der Waals surface area contributed by atoms with Crippen LogP contribution in [-0.4, -0.2) is 54.0 Å². The van der Waals surface area contributed by atoms with Gasteiger partial charge in [-0.2, -0.15) is 0 Å². The number of likely N-dealkylation sites (tertiary alicyclic amines) is 2. The summed E-state index contributed by atoms with van der Waals surface area (Å²) < 4.78 is 13.7. The van der Waals surface area contributed by atoms with Crippen molar-refractivity contribution in [2.75, 3.05) is 31.5 Å². The Morgan fingerprint density at radius 3 is 2.46 bits per heavy atom. The number of anilines is 1. The maximum Gasteiger partial charge on any atom is 0.321 e.